The second-order valence-corrected chi connectivity index (χ2v) is 2.52. The lowest BCUT2D eigenvalue weighted by Crippen LogP contribution is -2.12. The minimum Gasteiger partial charge on any atom is -0.321 e. The molecule has 1 aromatic carbocycles. The summed E-state index contributed by atoms with van der Waals surface area (Å²) in [5.41, 5.74) is 0.840. The molecular formula is C9H7N3O2. The summed E-state index contributed by atoms with van der Waals surface area (Å²) < 4.78 is 0. The van der Waals surface area contributed by atoms with Crippen LogP contribution in [-0.4, -0.2) is 21.4 Å². The third-order valence-corrected chi connectivity index (χ3v) is 1.69. The monoisotopic (exact) mass is 189 g/mol. The van der Waals surface area contributed by atoms with Crippen LogP contribution in [0.3, 0.4) is 0 Å². The molecule has 0 fully saturated rings. The molecule has 14 heavy (non-hydrogen) atoms. The Morgan fingerprint density at radius 3 is 2.79 bits per heavy atom. The second kappa shape index (κ2) is 3.69. The van der Waals surface area contributed by atoms with E-state index in [0.29, 0.717) is 12.3 Å². The van der Waals surface area contributed by atoms with Crippen LogP contribution in [0.2, 0.25) is 0 Å². The third kappa shape index (κ3) is 1.47. The van der Waals surface area contributed by atoms with Crippen LogP contribution < -0.4 is 4.84 Å². The van der Waals surface area contributed by atoms with Crippen LogP contribution in [0.4, 0.5) is 0 Å². The maximum atomic E-state index is 10.1. The fourth-order valence-electron chi connectivity index (χ4n) is 1.12. The molecule has 1 heterocycles. The summed E-state index contributed by atoms with van der Waals surface area (Å²) in [4.78, 5) is 19.8. The van der Waals surface area contributed by atoms with Crippen molar-refractivity contribution in [3.05, 3.63) is 36.7 Å². The number of carbonyl (C=O) groups is 1. The average molecular weight is 189 g/mol. The van der Waals surface area contributed by atoms with Crippen molar-refractivity contribution < 1.29 is 9.63 Å². The molecule has 0 bridgehead atoms. The quantitative estimate of drug-likeness (QED) is 0.661. The minimum absolute atomic E-state index is 0.307. The van der Waals surface area contributed by atoms with E-state index >= 15 is 0 Å². The first kappa shape index (κ1) is 8.43. The van der Waals surface area contributed by atoms with Gasteiger partial charge >= 0.3 is 6.47 Å². The highest BCUT2D eigenvalue weighted by Crippen LogP contribution is 2.13. The van der Waals surface area contributed by atoms with Crippen LogP contribution in [0, 0.1) is 0 Å². The van der Waals surface area contributed by atoms with Crippen molar-refractivity contribution in [1.82, 2.24) is 14.9 Å². The minimum atomic E-state index is 0.307. The molecule has 0 atom stereocenters. The number of hydrogen-bond acceptors (Lipinski definition) is 4. The van der Waals surface area contributed by atoms with Gasteiger partial charge in [-0.2, -0.15) is 0 Å². The molecule has 0 aliphatic heterocycles. The van der Waals surface area contributed by atoms with Gasteiger partial charge in [0.2, 0.25) is 0 Å². The van der Waals surface area contributed by atoms with E-state index in [-0.39, 0.29) is 0 Å². The smallest absolute Gasteiger partial charge is 0.321 e. The van der Waals surface area contributed by atoms with Gasteiger partial charge in [-0.05, 0) is 0 Å². The van der Waals surface area contributed by atoms with Crippen LogP contribution in [0.1, 0.15) is 0 Å². The number of nitrogens with zero attached hydrogens (tertiary/aromatic N) is 3. The summed E-state index contributed by atoms with van der Waals surface area (Å²) in [7, 11) is 0. The lowest BCUT2D eigenvalue weighted by molar-refractivity contribution is -0.130. The van der Waals surface area contributed by atoms with E-state index in [1.807, 2.05) is 30.3 Å². The predicted octanol–water partition coefficient (Wildman–Crippen LogP) is 0.530. The van der Waals surface area contributed by atoms with Crippen LogP contribution in [0.25, 0.3) is 11.4 Å². The van der Waals surface area contributed by atoms with Gasteiger partial charge in [0.25, 0.3) is 0 Å². The molecule has 0 aliphatic rings. The molecule has 5 heteroatoms. The maximum Gasteiger partial charge on any atom is 0.323 e. The van der Waals surface area contributed by atoms with Crippen LogP contribution in [0.5, 0.6) is 0 Å². The van der Waals surface area contributed by atoms with E-state index in [0.717, 1.165) is 10.4 Å². The van der Waals surface area contributed by atoms with Gasteiger partial charge in [-0.3, -0.25) is 4.79 Å². The Morgan fingerprint density at radius 1 is 1.29 bits per heavy atom. The van der Waals surface area contributed by atoms with E-state index in [4.69, 9.17) is 0 Å². The number of hydrogen-bond donors (Lipinski definition) is 0. The predicted molar refractivity (Wildman–Crippen MR) is 48.1 cm³/mol. The summed E-state index contributed by atoms with van der Waals surface area (Å²) in [5.74, 6) is 0.498. The van der Waals surface area contributed by atoms with Crippen molar-refractivity contribution in [2.45, 2.75) is 0 Å². The molecule has 2 rings (SSSR count). The standard InChI is InChI=1S/C9H7N3O2/c13-7-14-12-9(10-6-11-12)8-4-2-1-3-5-8/h1-7H. The Morgan fingerprint density at radius 2 is 2.07 bits per heavy atom. The van der Waals surface area contributed by atoms with Gasteiger partial charge < -0.3 is 4.84 Å². The van der Waals surface area contributed by atoms with E-state index in [1.165, 1.54) is 6.33 Å². The van der Waals surface area contributed by atoms with E-state index < -0.39 is 0 Å². The Labute approximate surface area is 79.9 Å². The van der Waals surface area contributed by atoms with Gasteiger partial charge in [0.15, 0.2) is 5.82 Å². The molecule has 0 amide bonds. The lowest BCUT2D eigenvalue weighted by Gasteiger charge is -2.00. The van der Waals surface area contributed by atoms with Crippen molar-refractivity contribution in [1.29, 1.82) is 0 Å². The molecule has 0 saturated carbocycles. The normalized spacial score (nSPS) is 9.71. The summed E-state index contributed by atoms with van der Waals surface area (Å²) in [6.07, 6.45) is 1.33. The molecule has 0 saturated heterocycles. The molecule has 70 valence electrons. The van der Waals surface area contributed by atoms with Gasteiger partial charge in [0.1, 0.15) is 6.33 Å². The maximum absolute atomic E-state index is 10.1. The zero-order valence-corrected chi connectivity index (χ0v) is 7.20. The highest BCUT2D eigenvalue weighted by Gasteiger charge is 2.06. The van der Waals surface area contributed by atoms with Crippen LogP contribution in [-0.2, 0) is 4.79 Å². The summed E-state index contributed by atoms with van der Waals surface area (Å²) in [6, 6.07) is 9.35. The Bertz CT molecular complexity index is 425. The fraction of sp³-hybridized carbons (Fsp3) is 0. The molecule has 0 unspecified atom stereocenters. The zero-order valence-electron chi connectivity index (χ0n) is 7.20. The first-order valence-corrected chi connectivity index (χ1v) is 3.98. The number of carbonyl (C=O) groups excluding carboxylic acids is 1. The van der Waals surface area contributed by atoms with E-state index in [2.05, 4.69) is 14.9 Å². The first-order chi connectivity index (χ1) is 6.92. The number of rotatable bonds is 3. The van der Waals surface area contributed by atoms with Crippen molar-refractivity contribution in [2.75, 3.05) is 0 Å². The Balaban J connectivity index is 2.41. The lowest BCUT2D eigenvalue weighted by atomic mass is 10.2. The third-order valence-electron chi connectivity index (χ3n) is 1.69. The summed E-state index contributed by atoms with van der Waals surface area (Å²) >= 11 is 0. The average Bonchev–Trinajstić information content (AvgIpc) is 2.68. The van der Waals surface area contributed by atoms with Crippen molar-refractivity contribution >= 4 is 6.47 Å². The highest BCUT2D eigenvalue weighted by molar-refractivity contribution is 5.54. The summed E-state index contributed by atoms with van der Waals surface area (Å²) in [5, 5.41) is 3.73. The Hall–Kier alpha value is -2.17. The Kier molecular flexibility index (Phi) is 2.22. The first-order valence-electron chi connectivity index (χ1n) is 3.98. The van der Waals surface area contributed by atoms with Gasteiger partial charge in [-0.15, -0.1) is 5.10 Å². The topological polar surface area (TPSA) is 57.0 Å². The molecule has 5 nitrogen and oxygen atoms in total. The molecule has 0 spiro atoms. The number of aromatic nitrogens is 3. The largest absolute Gasteiger partial charge is 0.323 e. The molecular weight excluding hydrogens is 182 g/mol. The van der Waals surface area contributed by atoms with Gasteiger partial charge in [0.05, 0.1) is 0 Å². The SMILES string of the molecule is O=COn1ncnc1-c1ccccc1. The fourth-order valence-corrected chi connectivity index (χ4v) is 1.12. The van der Waals surface area contributed by atoms with Gasteiger partial charge in [-0.25, -0.2) is 4.98 Å². The van der Waals surface area contributed by atoms with Gasteiger partial charge in [0, 0.05) is 5.56 Å². The zero-order chi connectivity index (χ0) is 9.80. The van der Waals surface area contributed by atoms with Crippen molar-refractivity contribution in [3.63, 3.8) is 0 Å². The van der Waals surface area contributed by atoms with E-state index in [9.17, 15) is 4.79 Å². The molecule has 0 aliphatic carbocycles. The molecule has 0 N–H and O–H groups in total. The van der Waals surface area contributed by atoms with Gasteiger partial charge in [-0.1, -0.05) is 35.2 Å². The summed E-state index contributed by atoms with van der Waals surface area (Å²) in [6.45, 7) is 0.307. The highest BCUT2D eigenvalue weighted by atomic mass is 16.7. The van der Waals surface area contributed by atoms with E-state index in [1.54, 1.807) is 0 Å². The van der Waals surface area contributed by atoms with Crippen molar-refractivity contribution in [2.24, 2.45) is 0 Å². The molecule has 1 aromatic heterocycles. The van der Waals surface area contributed by atoms with Crippen LogP contribution >= 0.6 is 0 Å². The van der Waals surface area contributed by atoms with Crippen LogP contribution in [0.15, 0.2) is 36.7 Å². The molecule has 0 radical (unpaired) electrons. The second-order valence-electron chi connectivity index (χ2n) is 2.52. The molecule has 2 aromatic rings. The van der Waals surface area contributed by atoms with Crippen molar-refractivity contribution in [3.8, 4) is 11.4 Å². The number of benzene rings is 1.